The largest absolute Gasteiger partial charge is 0.435 e. The number of hydrogen-bond acceptors (Lipinski definition) is 4. The molecular weight excluding hydrogens is 603 g/mol. The SMILES string of the molecule is NCc1cccc(-n2nc(C(F)(F)F)cc2C(=O)Nc2cc(F)cc(C(OCC3CC3)c3ccccc3)c2-c2cccc(F)c2)c1. The van der Waals surface area contributed by atoms with E-state index in [2.05, 4.69) is 10.4 Å². The number of carbonyl (C=O) groups is 1. The summed E-state index contributed by atoms with van der Waals surface area (Å²) in [6, 6.07) is 23.9. The molecule has 1 unspecified atom stereocenters. The van der Waals surface area contributed by atoms with Crippen molar-refractivity contribution in [1.29, 1.82) is 0 Å². The van der Waals surface area contributed by atoms with Gasteiger partial charge in [-0.1, -0.05) is 54.6 Å². The van der Waals surface area contributed by atoms with Crippen molar-refractivity contribution in [3.05, 3.63) is 137 Å². The van der Waals surface area contributed by atoms with E-state index >= 15 is 4.39 Å². The van der Waals surface area contributed by atoms with Crippen molar-refractivity contribution in [3.8, 4) is 16.8 Å². The molecule has 11 heteroatoms. The number of nitrogens with zero attached hydrogens (tertiary/aromatic N) is 2. The lowest BCUT2D eigenvalue weighted by atomic mass is 9.90. The summed E-state index contributed by atoms with van der Waals surface area (Å²) in [4.78, 5) is 13.8. The minimum absolute atomic E-state index is 0.0847. The quantitative estimate of drug-likeness (QED) is 0.153. The smallest absolute Gasteiger partial charge is 0.368 e. The highest BCUT2D eigenvalue weighted by Gasteiger charge is 2.36. The molecule has 1 saturated carbocycles. The van der Waals surface area contributed by atoms with Crippen LogP contribution in [0.3, 0.4) is 0 Å². The van der Waals surface area contributed by atoms with E-state index in [1.54, 1.807) is 18.2 Å². The topological polar surface area (TPSA) is 82.2 Å². The van der Waals surface area contributed by atoms with Gasteiger partial charge in [0.2, 0.25) is 0 Å². The van der Waals surface area contributed by atoms with Crippen molar-refractivity contribution in [1.82, 2.24) is 9.78 Å². The van der Waals surface area contributed by atoms with Crippen molar-refractivity contribution in [2.75, 3.05) is 11.9 Å². The second-order valence-electron chi connectivity index (χ2n) is 11.1. The maximum Gasteiger partial charge on any atom is 0.435 e. The van der Waals surface area contributed by atoms with Gasteiger partial charge in [0.25, 0.3) is 5.91 Å². The van der Waals surface area contributed by atoms with Crippen molar-refractivity contribution in [2.24, 2.45) is 11.7 Å². The van der Waals surface area contributed by atoms with Gasteiger partial charge >= 0.3 is 6.18 Å². The van der Waals surface area contributed by atoms with E-state index < -0.39 is 41.2 Å². The number of benzene rings is 4. The van der Waals surface area contributed by atoms with Crippen molar-refractivity contribution < 1.29 is 31.5 Å². The lowest BCUT2D eigenvalue weighted by molar-refractivity contribution is -0.141. The Balaban J connectivity index is 1.49. The molecule has 6 rings (SSSR count). The fourth-order valence-electron chi connectivity index (χ4n) is 5.29. The lowest BCUT2D eigenvalue weighted by Crippen LogP contribution is -2.19. The monoisotopic (exact) mass is 632 g/mol. The molecule has 0 bridgehead atoms. The Morgan fingerprint density at radius 2 is 1.70 bits per heavy atom. The first kappa shape index (κ1) is 31.1. The van der Waals surface area contributed by atoms with E-state index in [-0.39, 0.29) is 23.5 Å². The molecule has 1 amide bonds. The van der Waals surface area contributed by atoms with Crippen LogP contribution in [-0.2, 0) is 17.5 Å². The molecule has 1 heterocycles. The van der Waals surface area contributed by atoms with Gasteiger partial charge in [-0.15, -0.1) is 0 Å². The predicted octanol–water partition coefficient (Wildman–Crippen LogP) is 8.06. The molecule has 1 atom stereocenters. The Hall–Kier alpha value is -4.87. The Labute approximate surface area is 261 Å². The Morgan fingerprint density at radius 1 is 0.935 bits per heavy atom. The van der Waals surface area contributed by atoms with Crippen LogP contribution in [0.15, 0.2) is 97.1 Å². The maximum atomic E-state index is 15.5. The number of hydrogen-bond donors (Lipinski definition) is 2. The normalized spacial score (nSPS) is 13.9. The van der Waals surface area contributed by atoms with Crippen LogP contribution in [0, 0.1) is 17.6 Å². The van der Waals surface area contributed by atoms with E-state index in [4.69, 9.17) is 10.5 Å². The second-order valence-corrected chi connectivity index (χ2v) is 11.1. The first-order chi connectivity index (χ1) is 22.1. The van der Waals surface area contributed by atoms with Gasteiger partial charge in [-0.05, 0) is 77.4 Å². The average Bonchev–Trinajstić information content (AvgIpc) is 3.74. The summed E-state index contributed by atoms with van der Waals surface area (Å²) < 4.78 is 78.7. The molecule has 1 fully saturated rings. The second kappa shape index (κ2) is 12.9. The van der Waals surface area contributed by atoms with Crippen LogP contribution in [0.25, 0.3) is 16.8 Å². The number of carbonyl (C=O) groups excluding carboxylic acids is 1. The summed E-state index contributed by atoms with van der Waals surface area (Å²) in [5, 5.41) is 6.28. The molecule has 1 aliphatic rings. The zero-order chi connectivity index (χ0) is 32.4. The zero-order valence-corrected chi connectivity index (χ0v) is 24.4. The van der Waals surface area contributed by atoms with E-state index in [1.165, 1.54) is 36.4 Å². The number of rotatable bonds is 10. The van der Waals surface area contributed by atoms with Gasteiger partial charge in [0, 0.05) is 18.2 Å². The number of halogens is 5. The molecule has 0 radical (unpaired) electrons. The van der Waals surface area contributed by atoms with E-state index in [9.17, 15) is 22.4 Å². The molecule has 0 spiro atoms. The summed E-state index contributed by atoms with van der Waals surface area (Å²) in [7, 11) is 0. The molecular formula is C35H29F5N4O2. The standard InChI is InChI=1S/C35H29F5N4O2/c36-25-10-5-9-24(15-25)32-28(33(46-20-21-12-13-21)23-7-2-1-3-8-23)16-26(37)17-29(32)42-34(45)30-18-31(35(38,39)40)43-44(30)27-11-4-6-22(14-27)19-41/h1-11,14-18,21,33H,12-13,19-20,41H2,(H,42,45). The summed E-state index contributed by atoms with van der Waals surface area (Å²) in [5.41, 5.74) is 6.25. The molecule has 4 aromatic carbocycles. The number of nitrogens with two attached hydrogens (primary N) is 1. The molecule has 236 valence electrons. The van der Waals surface area contributed by atoms with Gasteiger partial charge in [0.05, 0.1) is 18.0 Å². The Bertz CT molecular complexity index is 1870. The molecule has 3 N–H and O–H groups in total. The zero-order valence-electron chi connectivity index (χ0n) is 24.4. The van der Waals surface area contributed by atoms with Gasteiger partial charge in [0.15, 0.2) is 5.69 Å². The fourth-order valence-corrected chi connectivity index (χ4v) is 5.29. The molecule has 6 nitrogen and oxygen atoms in total. The molecule has 1 aliphatic carbocycles. The summed E-state index contributed by atoms with van der Waals surface area (Å²) in [6.07, 6.45) is -3.64. The van der Waals surface area contributed by atoms with Crippen molar-refractivity contribution in [3.63, 3.8) is 0 Å². The number of alkyl halides is 3. The van der Waals surface area contributed by atoms with Crippen LogP contribution in [-0.4, -0.2) is 22.3 Å². The lowest BCUT2D eigenvalue weighted by Gasteiger charge is -2.24. The molecule has 5 aromatic rings. The van der Waals surface area contributed by atoms with Crippen LogP contribution >= 0.6 is 0 Å². The predicted molar refractivity (Wildman–Crippen MR) is 163 cm³/mol. The van der Waals surface area contributed by atoms with Crippen molar-refractivity contribution >= 4 is 11.6 Å². The van der Waals surface area contributed by atoms with Gasteiger partial charge in [-0.25, -0.2) is 13.5 Å². The third-order valence-electron chi connectivity index (χ3n) is 7.70. The molecule has 0 saturated heterocycles. The molecule has 0 aliphatic heterocycles. The van der Waals surface area contributed by atoms with Crippen molar-refractivity contribution in [2.45, 2.75) is 31.7 Å². The van der Waals surface area contributed by atoms with E-state index in [0.29, 0.717) is 40.8 Å². The summed E-state index contributed by atoms with van der Waals surface area (Å²) in [5.74, 6) is -1.95. The van der Waals surface area contributed by atoms with Crippen LogP contribution in [0.5, 0.6) is 0 Å². The number of anilines is 1. The van der Waals surface area contributed by atoms with Crippen LogP contribution in [0.1, 0.15) is 51.8 Å². The molecule has 46 heavy (non-hydrogen) atoms. The minimum Gasteiger partial charge on any atom is -0.368 e. The number of aromatic nitrogens is 2. The Morgan fingerprint density at radius 3 is 2.39 bits per heavy atom. The summed E-state index contributed by atoms with van der Waals surface area (Å²) in [6.45, 7) is 0.513. The van der Waals surface area contributed by atoms with E-state index in [0.717, 1.165) is 23.6 Å². The highest BCUT2D eigenvalue weighted by molar-refractivity contribution is 6.06. The number of nitrogens with one attached hydrogen (secondary N) is 1. The first-order valence-electron chi connectivity index (χ1n) is 14.6. The average molecular weight is 633 g/mol. The highest BCUT2D eigenvalue weighted by Crippen LogP contribution is 2.42. The molecule has 1 aromatic heterocycles. The van der Waals surface area contributed by atoms with Crippen LogP contribution in [0.4, 0.5) is 27.6 Å². The van der Waals surface area contributed by atoms with Crippen LogP contribution in [0.2, 0.25) is 0 Å². The third kappa shape index (κ3) is 6.85. The van der Waals surface area contributed by atoms with E-state index in [1.807, 2.05) is 30.3 Å². The number of ether oxygens (including phenoxy) is 1. The number of amides is 1. The fraction of sp³-hybridized carbons (Fsp3) is 0.200. The maximum absolute atomic E-state index is 15.5. The first-order valence-corrected chi connectivity index (χ1v) is 14.6. The van der Waals surface area contributed by atoms with Gasteiger partial charge < -0.3 is 15.8 Å². The van der Waals surface area contributed by atoms with Crippen LogP contribution < -0.4 is 11.1 Å². The van der Waals surface area contributed by atoms with Gasteiger partial charge in [-0.3, -0.25) is 4.79 Å². The Kier molecular flexibility index (Phi) is 8.70. The van der Waals surface area contributed by atoms with Gasteiger partial charge in [-0.2, -0.15) is 18.3 Å². The summed E-state index contributed by atoms with van der Waals surface area (Å²) >= 11 is 0. The highest BCUT2D eigenvalue weighted by atomic mass is 19.4. The van der Waals surface area contributed by atoms with Gasteiger partial charge in [0.1, 0.15) is 23.4 Å². The third-order valence-corrected chi connectivity index (χ3v) is 7.70. The minimum atomic E-state index is -4.85.